The number of hydrogen-bond acceptors (Lipinski definition) is 1. The van der Waals surface area contributed by atoms with Gasteiger partial charge in [-0.25, -0.2) is 8.78 Å². The standard InChI is InChI=1S/C10H17F2N/c11-10(12)4-3-7(6-10)5-9(13)8-1-2-8/h7-9H,1-6,13H2. The number of halogens is 2. The van der Waals surface area contributed by atoms with Crippen molar-refractivity contribution in [3.8, 4) is 0 Å². The Kier molecular flexibility index (Phi) is 2.30. The summed E-state index contributed by atoms with van der Waals surface area (Å²) in [6, 6.07) is 0.193. The summed E-state index contributed by atoms with van der Waals surface area (Å²) in [5.41, 5.74) is 5.90. The average molecular weight is 189 g/mol. The Labute approximate surface area is 77.7 Å². The maximum atomic E-state index is 12.8. The van der Waals surface area contributed by atoms with Crippen LogP contribution in [0.5, 0.6) is 0 Å². The van der Waals surface area contributed by atoms with Crippen LogP contribution >= 0.6 is 0 Å². The Morgan fingerprint density at radius 1 is 1.31 bits per heavy atom. The van der Waals surface area contributed by atoms with Gasteiger partial charge in [-0.05, 0) is 37.5 Å². The van der Waals surface area contributed by atoms with Crippen LogP contribution in [-0.4, -0.2) is 12.0 Å². The Balaban J connectivity index is 1.76. The monoisotopic (exact) mass is 189 g/mol. The Hall–Kier alpha value is -0.180. The fraction of sp³-hybridized carbons (Fsp3) is 1.00. The van der Waals surface area contributed by atoms with Crippen molar-refractivity contribution in [3.05, 3.63) is 0 Å². The van der Waals surface area contributed by atoms with E-state index in [0.29, 0.717) is 12.3 Å². The van der Waals surface area contributed by atoms with Gasteiger partial charge in [0.15, 0.2) is 0 Å². The van der Waals surface area contributed by atoms with Gasteiger partial charge in [0.25, 0.3) is 0 Å². The molecule has 13 heavy (non-hydrogen) atoms. The zero-order valence-electron chi connectivity index (χ0n) is 7.81. The topological polar surface area (TPSA) is 26.0 Å². The third-order valence-corrected chi connectivity index (χ3v) is 3.34. The van der Waals surface area contributed by atoms with Crippen molar-refractivity contribution in [2.24, 2.45) is 17.6 Å². The summed E-state index contributed by atoms with van der Waals surface area (Å²) >= 11 is 0. The molecule has 0 aromatic rings. The van der Waals surface area contributed by atoms with E-state index < -0.39 is 5.92 Å². The lowest BCUT2D eigenvalue weighted by Gasteiger charge is -2.15. The Morgan fingerprint density at radius 2 is 2.00 bits per heavy atom. The molecule has 0 aliphatic heterocycles. The molecule has 2 fully saturated rings. The van der Waals surface area contributed by atoms with Gasteiger partial charge in [-0.3, -0.25) is 0 Å². The minimum Gasteiger partial charge on any atom is -0.327 e. The summed E-state index contributed by atoms with van der Waals surface area (Å²) in [7, 11) is 0. The summed E-state index contributed by atoms with van der Waals surface area (Å²) in [5, 5.41) is 0. The van der Waals surface area contributed by atoms with Crippen molar-refractivity contribution >= 4 is 0 Å². The van der Waals surface area contributed by atoms with Gasteiger partial charge in [0.1, 0.15) is 0 Å². The van der Waals surface area contributed by atoms with Crippen LogP contribution in [0.25, 0.3) is 0 Å². The van der Waals surface area contributed by atoms with Gasteiger partial charge in [0.2, 0.25) is 5.92 Å². The molecule has 0 aromatic heterocycles. The molecular weight excluding hydrogens is 172 g/mol. The Morgan fingerprint density at radius 3 is 2.46 bits per heavy atom. The lowest BCUT2D eigenvalue weighted by molar-refractivity contribution is 0.00440. The average Bonchev–Trinajstić information content (AvgIpc) is 2.78. The number of alkyl halides is 2. The zero-order chi connectivity index (χ0) is 9.47. The van der Waals surface area contributed by atoms with E-state index in [9.17, 15) is 8.78 Å². The fourth-order valence-corrected chi connectivity index (χ4v) is 2.34. The van der Waals surface area contributed by atoms with Gasteiger partial charge < -0.3 is 5.73 Å². The van der Waals surface area contributed by atoms with Crippen molar-refractivity contribution in [1.29, 1.82) is 0 Å². The molecule has 0 heterocycles. The lowest BCUT2D eigenvalue weighted by Crippen LogP contribution is -2.25. The molecular formula is C10H17F2N. The van der Waals surface area contributed by atoms with E-state index in [-0.39, 0.29) is 24.8 Å². The molecule has 2 atom stereocenters. The van der Waals surface area contributed by atoms with E-state index in [1.807, 2.05) is 0 Å². The molecule has 0 spiro atoms. The van der Waals surface area contributed by atoms with Gasteiger partial charge in [-0.2, -0.15) is 0 Å². The third kappa shape index (κ3) is 2.39. The number of hydrogen-bond donors (Lipinski definition) is 1. The van der Waals surface area contributed by atoms with Crippen molar-refractivity contribution in [3.63, 3.8) is 0 Å². The first-order valence-corrected chi connectivity index (χ1v) is 5.20. The summed E-state index contributed by atoms with van der Waals surface area (Å²) in [4.78, 5) is 0. The smallest absolute Gasteiger partial charge is 0.248 e. The van der Waals surface area contributed by atoms with Crippen molar-refractivity contribution in [2.75, 3.05) is 0 Å². The second-order valence-corrected chi connectivity index (χ2v) is 4.70. The van der Waals surface area contributed by atoms with Gasteiger partial charge in [0, 0.05) is 18.9 Å². The maximum Gasteiger partial charge on any atom is 0.248 e. The van der Waals surface area contributed by atoms with E-state index in [4.69, 9.17) is 5.73 Å². The molecule has 0 radical (unpaired) electrons. The zero-order valence-corrected chi connectivity index (χ0v) is 7.81. The molecule has 2 saturated carbocycles. The number of rotatable bonds is 3. The highest BCUT2D eigenvalue weighted by Gasteiger charge is 2.41. The second-order valence-electron chi connectivity index (χ2n) is 4.70. The van der Waals surface area contributed by atoms with Gasteiger partial charge in [-0.15, -0.1) is 0 Å². The third-order valence-electron chi connectivity index (χ3n) is 3.34. The van der Waals surface area contributed by atoms with Crippen LogP contribution in [0.4, 0.5) is 8.78 Å². The second kappa shape index (κ2) is 3.19. The fourth-order valence-electron chi connectivity index (χ4n) is 2.34. The highest BCUT2D eigenvalue weighted by Crippen LogP contribution is 2.43. The quantitative estimate of drug-likeness (QED) is 0.725. The molecule has 0 saturated heterocycles. The highest BCUT2D eigenvalue weighted by atomic mass is 19.3. The molecule has 2 unspecified atom stereocenters. The molecule has 2 rings (SSSR count). The van der Waals surface area contributed by atoms with Crippen molar-refractivity contribution in [2.45, 2.75) is 50.5 Å². The predicted octanol–water partition coefficient (Wildman–Crippen LogP) is 2.55. The molecule has 2 N–H and O–H groups in total. The minimum atomic E-state index is -2.39. The van der Waals surface area contributed by atoms with Gasteiger partial charge in [-0.1, -0.05) is 0 Å². The SMILES string of the molecule is NC(CC1CCC(F)(F)C1)C1CC1. The van der Waals surface area contributed by atoms with Crippen LogP contribution in [0, 0.1) is 11.8 Å². The summed E-state index contributed by atoms with van der Waals surface area (Å²) in [6.45, 7) is 0. The molecule has 0 aromatic carbocycles. The van der Waals surface area contributed by atoms with Crippen LogP contribution in [0.3, 0.4) is 0 Å². The van der Waals surface area contributed by atoms with Crippen molar-refractivity contribution < 1.29 is 8.78 Å². The van der Waals surface area contributed by atoms with Gasteiger partial charge >= 0.3 is 0 Å². The normalized spacial score (nSPS) is 34.8. The van der Waals surface area contributed by atoms with Crippen molar-refractivity contribution in [1.82, 2.24) is 0 Å². The predicted molar refractivity (Wildman–Crippen MR) is 47.6 cm³/mol. The first kappa shape index (κ1) is 9.38. The first-order chi connectivity index (χ1) is 6.07. The lowest BCUT2D eigenvalue weighted by atomic mass is 9.96. The van der Waals surface area contributed by atoms with Crippen LogP contribution < -0.4 is 5.73 Å². The number of nitrogens with two attached hydrogens (primary N) is 1. The van der Waals surface area contributed by atoms with Gasteiger partial charge in [0.05, 0.1) is 0 Å². The highest BCUT2D eigenvalue weighted by molar-refractivity contribution is 4.89. The van der Waals surface area contributed by atoms with Crippen LogP contribution in [0.2, 0.25) is 0 Å². The molecule has 0 amide bonds. The molecule has 3 heteroatoms. The Bertz CT molecular complexity index is 189. The largest absolute Gasteiger partial charge is 0.327 e. The summed E-state index contributed by atoms with van der Waals surface area (Å²) in [6.07, 6.45) is 4.07. The van der Waals surface area contributed by atoms with Crippen LogP contribution in [0.1, 0.15) is 38.5 Å². The van der Waals surface area contributed by atoms with E-state index in [1.54, 1.807) is 0 Å². The van der Waals surface area contributed by atoms with E-state index >= 15 is 0 Å². The minimum absolute atomic E-state index is 0.0768. The molecule has 0 bridgehead atoms. The molecule has 1 nitrogen and oxygen atoms in total. The molecule has 76 valence electrons. The first-order valence-electron chi connectivity index (χ1n) is 5.20. The van der Waals surface area contributed by atoms with Crippen LogP contribution in [-0.2, 0) is 0 Å². The van der Waals surface area contributed by atoms with E-state index in [2.05, 4.69) is 0 Å². The van der Waals surface area contributed by atoms with E-state index in [1.165, 1.54) is 12.8 Å². The molecule has 2 aliphatic rings. The van der Waals surface area contributed by atoms with E-state index in [0.717, 1.165) is 6.42 Å². The summed E-state index contributed by atoms with van der Waals surface area (Å²) in [5.74, 6) is -1.56. The maximum absolute atomic E-state index is 12.8. The summed E-state index contributed by atoms with van der Waals surface area (Å²) < 4.78 is 25.6. The molecule has 2 aliphatic carbocycles. The van der Waals surface area contributed by atoms with Crippen LogP contribution in [0.15, 0.2) is 0 Å².